The molecule has 0 saturated carbocycles. The summed E-state index contributed by atoms with van der Waals surface area (Å²) in [7, 11) is 0. The summed E-state index contributed by atoms with van der Waals surface area (Å²) < 4.78 is 0. The van der Waals surface area contributed by atoms with Crippen molar-refractivity contribution >= 4 is 48.8 Å². The molecule has 0 atom stereocenters. The molecule has 0 spiro atoms. The minimum absolute atomic E-state index is 0.549. The van der Waals surface area contributed by atoms with Crippen LogP contribution in [0, 0.1) is 6.57 Å². The Hall–Kier alpha value is -9.82. The molecule has 1 aromatic heterocycles. The summed E-state index contributed by atoms with van der Waals surface area (Å²) in [6, 6.07) is 89.4. The second-order valence-electron chi connectivity index (χ2n) is 18.2. The number of hydrogen-bond donors (Lipinski definition) is 0. The lowest BCUT2D eigenvalue weighted by Crippen LogP contribution is -2.01. The fraction of sp³-hybridized carbons (Fsp3) is 0. The molecular formula is C68H42N4. The maximum absolute atomic E-state index is 8.45. The van der Waals surface area contributed by atoms with Crippen LogP contribution in [0.5, 0.6) is 0 Å². The van der Waals surface area contributed by atoms with Gasteiger partial charge in [0.1, 0.15) is 0 Å². The van der Waals surface area contributed by atoms with Crippen molar-refractivity contribution in [1.29, 1.82) is 0 Å². The summed E-state index contributed by atoms with van der Waals surface area (Å²) >= 11 is 0. The Balaban J connectivity index is 0.891. The average molecular weight is 915 g/mol. The Morgan fingerprint density at radius 1 is 0.250 bits per heavy atom. The first-order valence-corrected chi connectivity index (χ1v) is 24.2. The van der Waals surface area contributed by atoms with E-state index in [1.165, 1.54) is 43.1 Å². The van der Waals surface area contributed by atoms with Crippen molar-refractivity contribution < 1.29 is 0 Å². The van der Waals surface area contributed by atoms with E-state index < -0.39 is 0 Å². The first kappa shape index (κ1) is 42.3. The summed E-state index contributed by atoms with van der Waals surface area (Å²) in [5.41, 5.74) is 13.6. The highest BCUT2D eigenvalue weighted by atomic mass is 15.0. The highest BCUT2D eigenvalue weighted by Crippen LogP contribution is 2.44. The normalized spacial score (nSPS) is 11.3. The number of nitrogens with zero attached hydrogens (tertiary/aromatic N) is 4. The molecule has 13 rings (SSSR count). The SMILES string of the molecule is [C-]#[N+]c1cccc(-c2ccccc2-c2nc(-c3ccccc3)nc(-c3ccc(-c4ccc5ccccc5c4)cc3)n2)c1-c1cccc(-c2cccc(-c3ccc4c5ccccc5c5ccccc5c4c3)c2)c1. The molecule has 1 heterocycles. The van der Waals surface area contributed by atoms with E-state index in [1.54, 1.807) is 0 Å². The molecule has 0 aliphatic rings. The third-order valence-corrected chi connectivity index (χ3v) is 13.9. The van der Waals surface area contributed by atoms with Gasteiger partial charge in [0.15, 0.2) is 23.2 Å². The molecule has 0 amide bonds. The van der Waals surface area contributed by atoms with Gasteiger partial charge in [0.05, 0.1) is 6.57 Å². The van der Waals surface area contributed by atoms with Gasteiger partial charge in [-0.2, -0.15) is 0 Å². The minimum Gasteiger partial charge on any atom is -0.237 e. The monoisotopic (exact) mass is 914 g/mol. The third kappa shape index (κ3) is 7.63. The number of fused-ring (bicyclic) bond motifs is 7. The van der Waals surface area contributed by atoms with E-state index in [-0.39, 0.29) is 0 Å². The molecule has 0 N–H and O–H groups in total. The zero-order chi connectivity index (χ0) is 48.0. The van der Waals surface area contributed by atoms with Gasteiger partial charge >= 0.3 is 0 Å². The first-order valence-electron chi connectivity index (χ1n) is 24.2. The predicted octanol–water partition coefficient (Wildman–Crippen LogP) is 18.4. The van der Waals surface area contributed by atoms with Gasteiger partial charge in [-0.15, -0.1) is 0 Å². The summed E-state index contributed by atoms with van der Waals surface area (Å²) in [5, 5.41) is 9.97. The molecule has 334 valence electrons. The van der Waals surface area contributed by atoms with Crippen LogP contribution >= 0.6 is 0 Å². The fourth-order valence-electron chi connectivity index (χ4n) is 10.4. The molecule has 0 saturated heterocycles. The Bertz CT molecular complexity index is 4250. The number of rotatable bonds is 8. The van der Waals surface area contributed by atoms with Gasteiger partial charge in [0.2, 0.25) is 0 Å². The summed E-state index contributed by atoms with van der Waals surface area (Å²) in [6.07, 6.45) is 0. The van der Waals surface area contributed by atoms with Gasteiger partial charge in [-0.1, -0.05) is 231 Å². The molecule has 0 radical (unpaired) electrons. The molecule has 0 unspecified atom stereocenters. The van der Waals surface area contributed by atoms with Crippen LogP contribution < -0.4 is 0 Å². The van der Waals surface area contributed by atoms with Crippen LogP contribution in [0.1, 0.15) is 0 Å². The van der Waals surface area contributed by atoms with E-state index in [9.17, 15) is 0 Å². The van der Waals surface area contributed by atoms with Crippen molar-refractivity contribution in [3.05, 3.63) is 266 Å². The van der Waals surface area contributed by atoms with Gasteiger partial charge in [0.25, 0.3) is 0 Å². The second kappa shape index (κ2) is 17.9. The summed E-state index contributed by atoms with van der Waals surface area (Å²) in [4.78, 5) is 19.6. The number of hydrogen-bond acceptors (Lipinski definition) is 3. The van der Waals surface area contributed by atoms with Crippen molar-refractivity contribution in [1.82, 2.24) is 15.0 Å². The molecule has 0 aliphatic carbocycles. The zero-order valence-electron chi connectivity index (χ0n) is 39.0. The number of benzene rings is 12. The average Bonchev–Trinajstić information content (AvgIpc) is 3.47. The first-order chi connectivity index (χ1) is 35.6. The summed E-state index contributed by atoms with van der Waals surface area (Å²) in [5.74, 6) is 1.71. The van der Waals surface area contributed by atoms with Crippen LogP contribution in [0.15, 0.2) is 255 Å². The minimum atomic E-state index is 0.549. The zero-order valence-corrected chi connectivity index (χ0v) is 39.0. The molecule has 0 bridgehead atoms. The van der Waals surface area contributed by atoms with E-state index in [0.717, 1.165) is 72.3 Å². The van der Waals surface area contributed by atoms with Gasteiger partial charge in [0, 0.05) is 16.7 Å². The molecule has 13 aromatic rings. The van der Waals surface area contributed by atoms with E-state index in [2.05, 4.69) is 205 Å². The highest BCUT2D eigenvalue weighted by Gasteiger charge is 2.20. The van der Waals surface area contributed by atoms with E-state index in [4.69, 9.17) is 21.5 Å². The standard InChI is InChI=1S/C68H42N4/c1-69-64-31-15-30-61(65(64)54-23-14-22-51(42-54)49-20-13-21-50(41-49)53-38-39-60-57-26-8-7-24-55(57)56-25-9-10-27-58(56)63(60)43-53)59-28-11-12-29-62(59)68-71-66(46-17-3-2-4-18-46)70-67(72-68)47-35-32-45(33-36-47)52-37-34-44-16-5-6-19-48(44)40-52/h2-43H. The highest BCUT2D eigenvalue weighted by molar-refractivity contribution is 6.25. The van der Waals surface area contributed by atoms with Crippen LogP contribution in [0.3, 0.4) is 0 Å². The van der Waals surface area contributed by atoms with E-state index >= 15 is 0 Å². The summed E-state index contributed by atoms with van der Waals surface area (Å²) in [6.45, 7) is 8.45. The van der Waals surface area contributed by atoms with Gasteiger partial charge < -0.3 is 0 Å². The molecule has 4 nitrogen and oxygen atoms in total. The van der Waals surface area contributed by atoms with Crippen LogP contribution in [-0.2, 0) is 0 Å². The quantitative estimate of drug-likeness (QED) is 0.113. The fourth-order valence-corrected chi connectivity index (χ4v) is 10.4. The van der Waals surface area contributed by atoms with Gasteiger partial charge in [-0.25, -0.2) is 19.8 Å². The smallest absolute Gasteiger partial charge is 0.195 e. The Kier molecular flexibility index (Phi) is 10.5. The van der Waals surface area contributed by atoms with Crippen molar-refractivity contribution in [3.63, 3.8) is 0 Å². The predicted molar refractivity (Wildman–Crippen MR) is 300 cm³/mol. The molecule has 12 aromatic carbocycles. The molecule has 72 heavy (non-hydrogen) atoms. The Morgan fingerprint density at radius 3 is 1.36 bits per heavy atom. The van der Waals surface area contributed by atoms with Crippen molar-refractivity contribution in [2.75, 3.05) is 0 Å². The molecule has 0 fully saturated rings. The Morgan fingerprint density at radius 2 is 0.681 bits per heavy atom. The Labute approximate surface area is 417 Å². The topological polar surface area (TPSA) is 43.0 Å². The lowest BCUT2D eigenvalue weighted by molar-refractivity contribution is 1.07. The van der Waals surface area contributed by atoms with Crippen LogP contribution in [0.2, 0.25) is 0 Å². The van der Waals surface area contributed by atoms with E-state index in [0.29, 0.717) is 23.2 Å². The molecule has 4 heteroatoms. The van der Waals surface area contributed by atoms with Crippen molar-refractivity contribution in [2.24, 2.45) is 0 Å². The lowest BCUT2D eigenvalue weighted by atomic mass is 9.88. The molecular weight excluding hydrogens is 873 g/mol. The largest absolute Gasteiger partial charge is 0.237 e. The van der Waals surface area contributed by atoms with E-state index in [1.807, 2.05) is 54.6 Å². The van der Waals surface area contributed by atoms with Crippen LogP contribution in [0.4, 0.5) is 5.69 Å². The van der Waals surface area contributed by atoms with Gasteiger partial charge in [-0.3, -0.25) is 0 Å². The molecule has 0 aliphatic heterocycles. The second-order valence-corrected chi connectivity index (χ2v) is 18.2. The van der Waals surface area contributed by atoms with Gasteiger partial charge in [-0.05, 0) is 123 Å². The maximum atomic E-state index is 8.45. The van der Waals surface area contributed by atoms with Crippen LogP contribution in [0.25, 0.3) is 138 Å². The van der Waals surface area contributed by atoms with Crippen molar-refractivity contribution in [3.8, 4) is 89.8 Å². The van der Waals surface area contributed by atoms with Crippen molar-refractivity contribution in [2.45, 2.75) is 0 Å². The van der Waals surface area contributed by atoms with Crippen LogP contribution in [-0.4, -0.2) is 15.0 Å². The maximum Gasteiger partial charge on any atom is 0.195 e. The number of aromatic nitrogens is 3. The lowest BCUT2D eigenvalue weighted by Gasteiger charge is -2.17. The third-order valence-electron chi connectivity index (χ3n) is 13.9.